The Bertz CT molecular complexity index is 1510. The van der Waals surface area contributed by atoms with Crippen LogP contribution in [0.5, 0.6) is 11.5 Å². The number of amides is 2. The lowest BCUT2D eigenvalue weighted by atomic mass is 10.1. The second-order valence-electron chi connectivity index (χ2n) is 9.30. The first-order valence-corrected chi connectivity index (χ1v) is 14.2. The lowest BCUT2D eigenvalue weighted by Gasteiger charge is -2.21. The molecular weight excluding hydrogens is 597 g/mol. The molecule has 0 aliphatic rings. The summed E-state index contributed by atoms with van der Waals surface area (Å²) in [5.74, 6) is 0.0186. The Morgan fingerprint density at radius 1 is 0.833 bits per heavy atom. The monoisotopic (exact) mass is 623 g/mol. The number of rotatable bonds is 12. The maximum Gasteiger partial charge on any atom is 0.262 e. The summed E-state index contributed by atoms with van der Waals surface area (Å²) in [5, 5.41) is 8.24. The predicted molar refractivity (Wildman–Crippen MR) is 167 cm³/mol. The molecule has 42 heavy (non-hydrogen) atoms. The number of hydrogen-bond donors (Lipinski definition) is 2. The van der Waals surface area contributed by atoms with E-state index >= 15 is 0 Å². The van der Waals surface area contributed by atoms with E-state index in [4.69, 9.17) is 44.3 Å². The van der Waals surface area contributed by atoms with Crippen LogP contribution in [-0.2, 0) is 22.6 Å². The molecule has 0 heterocycles. The van der Waals surface area contributed by atoms with Gasteiger partial charge in [0.2, 0.25) is 0 Å². The van der Waals surface area contributed by atoms with Gasteiger partial charge in [0.15, 0.2) is 6.10 Å². The summed E-state index contributed by atoms with van der Waals surface area (Å²) in [6, 6.07) is 27.8. The van der Waals surface area contributed by atoms with Crippen molar-refractivity contribution >= 4 is 52.8 Å². The first kappa shape index (κ1) is 30.9. The Hall–Kier alpha value is -4.04. The Morgan fingerprint density at radius 2 is 1.52 bits per heavy atom. The van der Waals surface area contributed by atoms with Gasteiger partial charge >= 0.3 is 0 Å². The van der Waals surface area contributed by atoms with Crippen LogP contribution >= 0.6 is 34.8 Å². The predicted octanol–water partition coefficient (Wildman–Crippen LogP) is 6.87. The van der Waals surface area contributed by atoms with Crippen molar-refractivity contribution in [2.75, 3.05) is 0 Å². The van der Waals surface area contributed by atoms with Crippen molar-refractivity contribution in [1.82, 2.24) is 10.7 Å². The topological polar surface area (TPSA) is 89.0 Å². The van der Waals surface area contributed by atoms with Crippen molar-refractivity contribution in [3.63, 3.8) is 0 Å². The highest BCUT2D eigenvalue weighted by atomic mass is 35.5. The summed E-state index contributed by atoms with van der Waals surface area (Å²) >= 11 is 18.0. The third kappa shape index (κ3) is 9.52. The number of hydrazone groups is 1. The van der Waals surface area contributed by atoms with E-state index in [1.165, 1.54) is 12.3 Å². The van der Waals surface area contributed by atoms with Gasteiger partial charge in [-0.3, -0.25) is 9.59 Å². The molecule has 4 rings (SSSR count). The molecule has 0 aliphatic heterocycles. The zero-order valence-electron chi connectivity index (χ0n) is 22.6. The fourth-order valence-electron chi connectivity index (χ4n) is 3.81. The summed E-state index contributed by atoms with van der Waals surface area (Å²) in [4.78, 5) is 26.1. The number of nitrogens with one attached hydrogen (secondary N) is 2. The van der Waals surface area contributed by atoms with Gasteiger partial charge in [0.25, 0.3) is 11.8 Å². The number of carbonyl (C=O) groups excluding carboxylic acids is 2. The minimum absolute atomic E-state index is 0.252. The number of nitrogens with zero attached hydrogens (tertiary/aromatic N) is 1. The summed E-state index contributed by atoms with van der Waals surface area (Å²) < 4.78 is 11.5. The van der Waals surface area contributed by atoms with Crippen LogP contribution in [0.15, 0.2) is 102 Å². The van der Waals surface area contributed by atoms with E-state index in [1.807, 2.05) is 78.9 Å². The molecule has 4 aromatic rings. The van der Waals surface area contributed by atoms with Crippen molar-refractivity contribution < 1.29 is 19.1 Å². The van der Waals surface area contributed by atoms with Crippen LogP contribution in [0, 0.1) is 0 Å². The molecule has 216 valence electrons. The van der Waals surface area contributed by atoms with Crippen LogP contribution in [-0.4, -0.2) is 30.2 Å². The van der Waals surface area contributed by atoms with Crippen LogP contribution in [0.1, 0.15) is 23.6 Å². The van der Waals surface area contributed by atoms with Gasteiger partial charge in [-0.2, -0.15) is 5.10 Å². The highest BCUT2D eigenvalue weighted by molar-refractivity contribution is 6.35. The first-order chi connectivity index (χ1) is 20.3. The van der Waals surface area contributed by atoms with Gasteiger partial charge in [0, 0.05) is 16.5 Å². The van der Waals surface area contributed by atoms with Crippen LogP contribution in [0.25, 0.3) is 0 Å². The minimum Gasteiger partial charge on any atom is -0.489 e. The highest BCUT2D eigenvalue weighted by Crippen LogP contribution is 2.28. The number of carbonyl (C=O) groups is 2. The lowest BCUT2D eigenvalue weighted by molar-refractivity contribution is -0.132. The maximum atomic E-state index is 13.1. The summed E-state index contributed by atoms with van der Waals surface area (Å²) in [5.41, 5.74) is 5.14. The Kier molecular flexibility index (Phi) is 11.2. The molecule has 2 N–H and O–H groups in total. The maximum absolute atomic E-state index is 13.1. The van der Waals surface area contributed by atoms with Crippen LogP contribution in [0.2, 0.25) is 15.1 Å². The summed E-state index contributed by atoms with van der Waals surface area (Å²) in [6.07, 6.45) is 0.831. The molecule has 7 nitrogen and oxygen atoms in total. The van der Waals surface area contributed by atoms with Crippen molar-refractivity contribution in [3.8, 4) is 11.5 Å². The van der Waals surface area contributed by atoms with E-state index in [0.717, 1.165) is 16.7 Å². The van der Waals surface area contributed by atoms with Crippen molar-refractivity contribution in [3.05, 3.63) is 129 Å². The Labute approximate surface area is 259 Å². The molecule has 0 fully saturated rings. The third-order valence-corrected chi connectivity index (χ3v) is 6.85. The van der Waals surface area contributed by atoms with Crippen molar-refractivity contribution in [2.45, 2.75) is 32.1 Å². The normalized spacial score (nSPS) is 12.4. The number of ether oxygens (including phenoxy) is 2. The first-order valence-electron chi connectivity index (χ1n) is 13.0. The van der Waals surface area contributed by atoms with Gasteiger partial charge < -0.3 is 14.8 Å². The molecule has 2 atom stereocenters. The van der Waals surface area contributed by atoms with Gasteiger partial charge in [-0.15, -0.1) is 0 Å². The van der Waals surface area contributed by atoms with Gasteiger partial charge in [-0.25, -0.2) is 5.43 Å². The van der Waals surface area contributed by atoms with Crippen LogP contribution < -0.4 is 20.2 Å². The molecule has 0 saturated carbocycles. The quantitative estimate of drug-likeness (QED) is 0.133. The van der Waals surface area contributed by atoms with E-state index in [1.54, 1.807) is 19.1 Å². The van der Waals surface area contributed by atoms with E-state index in [0.29, 0.717) is 28.2 Å². The molecule has 0 spiro atoms. The van der Waals surface area contributed by atoms with Gasteiger partial charge in [0.1, 0.15) is 24.1 Å². The molecule has 0 aliphatic carbocycles. The average molecular weight is 625 g/mol. The molecule has 0 bridgehead atoms. The van der Waals surface area contributed by atoms with E-state index in [-0.39, 0.29) is 11.4 Å². The molecule has 10 heteroatoms. The molecule has 0 radical (unpaired) electrons. The zero-order valence-corrected chi connectivity index (χ0v) is 24.9. The molecule has 4 aromatic carbocycles. The van der Waals surface area contributed by atoms with Gasteiger partial charge in [0.05, 0.1) is 11.2 Å². The molecule has 0 unspecified atom stereocenters. The Morgan fingerprint density at radius 3 is 2.21 bits per heavy atom. The summed E-state index contributed by atoms with van der Waals surface area (Å²) in [6.45, 7) is 1.98. The second kappa shape index (κ2) is 15.3. The minimum atomic E-state index is -0.932. The fourth-order valence-corrected chi connectivity index (χ4v) is 4.39. The molecule has 0 aromatic heterocycles. The largest absolute Gasteiger partial charge is 0.489 e. The SMILES string of the molecule is C[C@@H](Oc1ccc(Cl)cc1Cl)C(=O)N[C@H](Cc1ccccc1)C(=O)N/N=C\c1ccc(OCc2ccc(Cl)cc2)cc1. The standard InChI is InChI=1S/C32H28Cl3N3O4/c1-21(42-30-16-13-26(34)18-28(30)35)31(39)37-29(17-22-5-3-2-4-6-22)32(40)38-36-19-23-9-14-27(15-10-23)41-20-24-7-11-25(33)12-8-24/h2-16,18-19,21,29H,17,20H2,1H3,(H,37,39)(H,38,40)/b36-19-/t21-,29-/m1/s1. The van der Waals surface area contributed by atoms with E-state index in [9.17, 15) is 9.59 Å². The molecule has 2 amide bonds. The average Bonchev–Trinajstić information content (AvgIpc) is 2.99. The third-order valence-electron chi connectivity index (χ3n) is 6.07. The van der Waals surface area contributed by atoms with Crippen LogP contribution in [0.3, 0.4) is 0 Å². The fraction of sp³-hybridized carbons (Fsp3) is 0.156. The lowest BCUT2D eigenvalue weighted by Crippen LogP contribution is -2.50. The van der Waals surface area contributed by atoms with Crippen molar-refractivity contribution in [1.29, 1.82) is 0 Å². The zero-order chi connectivity index (χ0) is 29.9. The highest BCUT2D eigenvalue weighted by Gasteiger charge is 2.25. The molecular formula is C32H28Cl3N3O4. The molecule has 0 saturated heterocycles. The number of halogens is 3. The second-order valence-corrected chi connectivity index (χ2v) is 10.6. The van der Waals surface area contributed by atoms with Crippen LogP contribution in [0.4, 0.5) is 0 Å². The number of hydrogen-bond acceptors (Lipinski definition) is 5. The van der Waals surface area contributed by atoms with E-state index < -0.39 is 24.0 Å². The Balaban J connectivity index is 1.35. The van der Waals surface area contributed by atoms with E-state index in [2.05, 4.69) is 15.8 Å². The smallest absolute Gasteiger partial charge is 0.262 e. The summed E-state index contributed by atoms with van der Waals surface area (Å²) in [7, 11) is 0. The van der Waals surface area contributed by atoms with Crippen molar-refractivity contribution in [2.24, 2.45) is 5.10 Å². The van der Waals surface area contributed by atoms with Gasteiger partial charge in [-0.1, -0.05) is 77.3 Å². The van der Waals surface area contributed by atoms with Gasteiger partial charge in [-0.05, 0) is 78.2 Å². The number of benzene rings is 4.